The zero-order chi connectivity index (χ0) is 21.3. The van der Waals surface area contributed by atoms with Crippen LogP contribution >= 0.6 is 22.6 Å². The van der Waals surface area contributed by atoms with E-state index >= 15 is 0 Å². The number of allylic oxidation sites excluding steroid dienone is 4. The Kier molecular flexibility index (Phi) is 12.7. The van der Waals surface area contributed by atoms with Crippen molar-refractivity contribution in [2.45, 2.75) is 0 Å². The number of hydrogen-bond donors (Lipinski definition) is 1. The maximum atomic E-state index is 5.68. The molecule has 0 saturated carbocycles. The van der Waals surface area contributed by atoms with Gasteiger partial charge in [0.25, 0.3) is 0 Å². The Morgan fingerprint density at radius 1 is 0.700 bits per heavy atom. The van der Waals surface area contributed by atoms with Crippen molar-refractivity contribution < 1.29 is 14.2 Å². The Hall–Kier alpha value is -2.09. The molecule has 2 aromatic carbocycles. The molecule has 0 fully saturated rings. The summed E-state index contributed by atoms with van der Waals surface area (Å²) < 4.78 is 17.5. The third-order valence-electron chi connectivity index (χ3n) is 4.08. The van der Waals surface area contributed by atoms with E-state index in [2.05, 4.69) is 64.3 Å². The van der Waals surface area contributed by atoms with Crippen molar-refractivity contribution >= 4 is 40.4 Å². The molecule has 0 bridgehead atoms. The second kappa shape index (κ2) is 15.7. The van der Waals surface area contributed by atoms with Gasteiger partial charge in [-0.15, -0.1) is 0 Å². The predicted octanol–water partition coefficient (Wildman–Crippen LogP) is 5.86. The Morgan fingerprint density at radius 2 is 1.23 bits per heavy atom. The molecular weight excluding hydrogens is 485 g/mol. The monoisotopic (exact) mass is 515 g/mol. The van der Waals surface area contributed by atoms with Crippen LogP contribution in [-0.2, 0) is 9.47 Å². The zero-order valence-electron chi connectivity index (χ0n) is 17.4. The van der Waals surface area contributed by atoms with Crippen molar-refractivity contribution in [2.75, 3.05) is 49.8 Å². The van der Waals surface area contributed by atoms with Crippen LogP contribution < -0.4 is 10.1 Å². The van der Waals surface area contributed by atoms with Crippen LogP contribution in [0.3, 0.4) is 0 Å². The molecule has 0 aliphatic rings. The van der Waals surface area contributed by atoms with Gasteiger partial charge in [0.1, 0.15) is 12.4 Å². The van der Waals surface area contributed by atoms with Crippen molar-refractivity contribution in [2.24, 2.45) is 0 Å². The second-order valence-corrected chi connectivity index (χ2v) is 7.39. The molecule has 0 aliphatic carbocycles. The highest BCUT2D eigenvalue weighted by molar-refractivity contribution is 14.1. The molecule has 160 valence electrons. The first-order valence-corrected chi connectivity index (χ1v) is 11.6. The van der Waals surface area contributed by atoms with E-state index in [9.17, 15) is 0 Å². The van der Waals surface area contributed by atoms with E-state index < -0.39 is 0 Å². The molecule has 0 radical (unpaired) electrons. The van der Waals surface area contributed by atoms with Gasteiger partial charge in [-0.3, -0.25) is 0 Å². The zero-order valence-corrected chi connectivity index (χ0v) is 19.6. The minimum Gasteiger partial charge on any atom is -0.491 e. The molecule has 0 atom stereocenters. The van der Waals surface area contributed by atoms with Crippen LogP contribution in [0.1, 0.15) is 11.1 Å². The number of benzene rings is 2. The molecule has 4 nitrogen and oxygen atoms in total. The number of ether oxygens (including phenoxy) is 3. The van der Waals surface area contributed by atoms with E-state index in [1.165, 1.54) is 5.56 Å². The molecule has 0 amide bonds. The van der Waals surface area contributed by atoms with Crippen molar-refractivity contribution in [1.29, 1.82) is 0 Å². The Morgan fingerprint density at radius 3 is 1.80 bits per heavy atom. The molecule has 1 N–H and O–H groups in total. The maximum absolute atomic E-state index is 5.68. The van der Waals surface area contributed by atoms with Gasteiger partial charge in [-0.25, -0.2) is 0 Å². The Bertz CT molecular complexity index is 783. The molecule has 0 aromatic heterocycles. The van der Waals surface area contributed by atoms with E-state index in [4.69, 9.17) is 14.2 Å². The van der Waals surface area contributed by atoms with Gasteiger partial charge < -0.3 is 19.5 Å². The van der Waals surface area contributed by atoms with Crippen molar-refractivity contribution in [3.05, 3.63) is 84.0 Å². The van der Waals surface area contributed by atoms with Gasteiger partial charge >= 0.3 is 0 Å². The van der Waals surface area contributed by atoms with E-state index in [-0.39, 0.29) is 0 Å². The van der Waals surface area contributed by atoms with Gasteiger partial charge in [0.05, 0.1) is 26.4 Å². The van der Waals surface area contributed by atoms with Gasteiger partial charge in [0.15, 0.2) is 0 Å². The van der Waals surface area contributed by atoms with E-state index in [1.807, 2.05) is 55.6 Å². The van der Waals surface area contributed by atoms with Crippen LogP contribution in [0, 0.1) is 0 Å². The lowest BCUT2D eigenvalue weighted by atomic mass is 10.2. The fourth-order valence-corrected chi connectivity index (χ4v) is 2.80. The van der Waals surface area contributed by atoms with Crippen molar-refractivity contribution in [3.63, 3.8) is 0 Å². The molecule has 0 spiro atoms. The highest BCUT2D eigenvalue weighted by atomic mass is 123. The minimum absolute atomic E-state index is 0.536. The van der Waals surface area contributed by atoms with E-state index in [0.717, 1.165) is 28.0 Å². The first kappa shape index (κ1) is 24.2. The van der Waals surface area contributed by atoms with Crippen LogP contribution in [0.5, 0.6) is 5.75 Å². The average molecular weight is 515 g/mol. The summed E-state index contributed by atoms with van der Waals surface area (Å²) in [6.45, 7) is 3.12. The maximum Gasteiger partial charge on any atom is 0.119 e. The number of alkyl halides is 1. The highest BCUT2D eigenvalue weighted by Crippen LogP contribution is 2.13. The summed E-state index contributed by atoms with van der Waals surface area (Å²) >= 11 is 2.29. The third kappa shape index (κ3) is 10.6. The van der Waals surface area contributed by atoms with Crippen LogP contribution in [0.15, 0.2) is 72.8 Å². The Labute approximate surface area is 193 Å². The number of anilines is 1. The first-order chi connectivity index (χ1) is 14.8. The largest absolute Gasteiger partial charge is 0.491 e. The second-order valence-electron chi connectivity index (χ2n) is 6.31. The molecule has 5 heteroatoms. The summed E-state index contributed by atoms with van der Waals surface area (Å²) in [7, 11) is 1.92. The molecule has 0 saturated heterocycles. The predicted molar refractivity (Wildman–Crippen MR) is 136 cm³/mol. The molecule has 0 aliphatic heterocycles. The Balaban J connectivity index is 1.63. The van der Waals surface area contributed by atoms with Crippen LogP contribution in [0.25, 0.3) is 12.2 Å². The summed E-state index contributed by atoms with van der Waals surface area (Å²) in [5.74, 6) is 0.847. The van der Waals surface area contributed by atoms with Crippen LogP contribution in [0.4, 0.5) is 5.69 Å². The summed E-state index contributed by atoms with van der Waals surface area (Å²) in [5, 5.41) is 3.11. The van der Waals surface area contributed by atoms with Crippen LogP contribution in [0.2, 0.25) is 0 Å². The van der Waals surface area contributed by atoms with Crippen LogP contribution in [-0.4, -0.2) is 44.5 Å². The summed E-state index contributed by atoms with van der Waals surface area (Å²) in [6.07, 6.45) is 12.2. The lowest BCUT2D eigenvalue weighted by Crippen LogP contribution is -2.11. The van der Waals surface area contributed by atoms with Crippen molar-refractivity contribution in [3.8, 4) is 5.75 Å². The lowest BCUT2D eigenvalue weighted by Gasteiger charge is -2.07. The van der Waals surface area contributed by atoms with Gasteiger partial charge in [-0.1, -0.05) is 83.3 Å². The summed E-state index contributed by atoms with van der Waals surface area (Å²) in [4.78, 5) is 0. The molecule has 2 rings (SSSR count). The lowest BCUT2D eigenvalue weighted by molar-refractivity contribution is 0.0417. The van der Waals surface area contributed by atoms with Crippen molar-refractivity contribution in [1.82, 2.24) is 0 Å². The molecular formula is C25H30INO3. The van der Waals surface area contributed by atoms with Gasteiger partial charge in [0, 0.05) is 17.2 Å². The third-order valence-corrected chi connectivity index (χ3v) is 4.52. The molecule has 0 unspecified atom stereocenters. The SMILES string of the molecule is CNc1ccc(/C=C/C=C/C=C/c2ccc(OCCOCCOCC[123I])cc2)cc1. The van der Waals surface area contributed by atoms with E-state index in [1.54, 1.807) is 0 Å². The summed E-state index contributed by atoms with van der Waals surface area (Å²) in [6, 6.07) is 16.3. The minimum atomic E-state index is 0.536. The molecule has 0 heterocycles. The number of rotatable bonds is 14. The first-order valence-electron chi connectivity index (χ1n) is 10.1. The molecule has 30 heavy (non-hydrogen) atoms. The van der Waals surface area contributed by atoms with Gasteiger partial charge in [-0.05, 0) is 35.4 Å². The fourth-order valence-electron chi connectivity index (χ4n) is 2.49. The number of halogens is 1. The number of hydrogen-bond acceptors (Lipinski definition) is 4. The standard InChI is InChI=1S/C25H30INO3/c1-27-24-12-8-22(9-13-24)6-4-2-3-5-7-23-10-14-25(15-11-23)30-21-20-29-19-18-28-17-16-26/h2-15,27H,16-21H2,1H3/b3-2+,6-4+,7-5+/i26-4. The topological polar surface area (TPSA) is 39.7 Å². The normalized spacial score (nSPS) is 11.7. The highest BCUT2D eigenvalue weighted by Gasteiger charge is 1.95. The fraction of sp³-hybridized carbons (Fsp3) is 0.280. The number of nitrogens with one attached hydrogen (secondary N) is 1. The van der Waals surface area contributed by atoms with E-state index in [0.29, 0.717) is 26.4 Å². The molecule has 2 aromatic rings. The summed E-state index contributed by atoms with van der Waals surface area (Å²) in [5.41, 5.74) is 3.42. The average Bonchev–Trinajstić information content (AvgIpc) is 2.79. The smallest absolute Gasteiger partial charge is 0.119 e. The van der Waals surface area contributed by atoms with Gasteiger partial charge in [0.2, 0.25) is 0 Å². The van der Waals surface area contributed by atoms with Gasteiger partial charge in [-0.2, -0.15) is 0 Å². The quantitative estimate of drug-likeness (QED) is 0.148.